The second-order valence-corrected chi connectivity index (χ2v) is 10.8. The molecule has 0 bridgehead atoms. The van der Waals surface area contributed by atoms with Crippen LogP contribution in [-0.4, -0.2) is 51.0 Å². The van der Waals surface area contributed by atoms with Crippen molar-refractivity contribution in [2.24, 2.45) is 0 Å². The fourth-order valence-corrected chi connectivity index (χ4v) is 6.36. The number of amides is 1. The number of nitro benzene ring substituents is 1. The summed E-state index contributed by atoms with van der Waals surface area (Å²) in [5, 5.41) is 14.0. The minimum Gasteiger partial charge on any atom is -0.496 e. The summed E-state index contributed by atoms with van der Waals surface area (Å²) < 4.78 is 7.83. The quantitative estimate of drug-likeness (QED) is 0.149. The molecule has 0 aliphatic carbocycles. The predicted octanol–water partition coefficient (Wildman–Crippen LogP) is 5.80. The van der Waals surface area contributed by atoms with Crippen LogP contribution >= 0.6 is 47.1 Å². The summed E-state index contributed by atoms with van der Waals surface area (Å²) in [7, 11) is 1.54. The van der Waals surface area contributed by atoms with Crippen LogP contribution in [0.3, 0.4) is 0 Å². The molecule has 1 N–H and O–H groups in total. The second-order valence-electron chi connectivity index (χ2n) is 6.98. The maximum Gasteiger partial charge on any atom is 0.270 e. The minimum absolute atomic E-state index is 0.0251. The van der Waals surface area contributed by atoms with E-state index in [0.717, 1.165) is 37.5 Å². The zero-order chi connectivity index (χ0) is 24.7. The van der Waals surface area contributed by atoms with Gasteiger partial charge in [0.1, 0.15) is 10.1 Å². The van der Waals surface area contributed by atoms with Gasteiger partial charge in [-0.3, -0.25) is 14.9 Å². The van der Waals surface area contributed by atoms with Crippen LogP contribution in [0, 0.1) is 10.1 Å². The Labute approximate surface area is 215 Å². The van der Waals surface area contributed by atoms with Gasteiger partial charge in [0, 0.05) is 42.2 Å². The molecule has 1 heterocycles. The summed E-state index contributed by atoms with van der Waals surface area (Å²) in [4.78, 5) is 29.7. The third kappa shape index (κ3) is 6.81. The van der Waals surface area contributed by atoms with Gasteiger partial charge in [0.2, 0.25) is 5.91 Å². The van der Waals surface area contributed by atoms with Crippen molar-refractivity contribution in [1.82, 2.24) is 9.88 Å². The maximum atomic E-state index is 12.4. The lowest BCUT2D eigenvalue weighted by atomic mass is 10.2. The number of nitrogens with one attached hydrogen (secondary N) is 1. The number of hydrogen-bond acceptors (Lipinski definition) is 9. The molecule has 0 fully saturated rings. The third-order valence-electron chi connectivity index (χ3n) is 4.83. The molecule has 12 heteroatoms. The normalized spacial score (nSPS) is 10.8. The van der Waals surface area contributed by atoms with Gasteiger partial charge in [0.05, 0.1) is 28.0 Å². The monoisotopic (exact) mass is 536 g/mol. The summed E-state index contributed by atoms with van der Waals surface area (Å²) in [6.07, 6.45) is 0. The number of nitrogens with zero attached hydrogens (tertiary/aromatic N) is 3. The molecule has 0 aliphatic rings. The molecule has 34 heavy (non-hydrogen) atoms. The van der Waals surface area contributed by atoms with Crippen molar-refractivity contribution < 1.29 is 14.5 Å². The van der Waals surface area contributed by atoms with Gasteiger partial charge in [-0.2, -0.15) is 0 Å². The van der Waals surface area contributed by atoms with Crippen molar-refractivity contribution in [3.63, 3.8) is 0 Å². The number of benzene rings is 2. The molecule has 0 saturated carbocycles. The molecule has 3 aromatic rings. The van der Waals surface area contributed by atoms with Crippen LogP contribution in [0.15, 0.2) is 40.7 Å². The summed E-state index contributed by atoms with van der Waals surface area (Å²) in [6, 6.07) is 10.1. The number of aromatic nitrogens is 1. The van der Waals surface area contributed by atoms with Gasteiger partial charge < -0.3 is 15.0 Å². The van der Waals surface area contributed by atoms with Crippen LogP contribution in [0.25, 0.3) is 10.2 Å². The van der Waals surface area contributed by atoms with Crippen LogP contribution in [0.2, 0.25) is 0 Å². The Morgan fingerprint density at radius 3 is 2.71 bits per heavy atom. The van der Waals surface area contributed by atoms with Gasteiger partial charge in [0.25, 0.3) is 5.69 Å². The number of anilines is 1. The second kappa shape index (κ2) is 12.3. The predicted molar refractivity (Wildman–Crippen MR) is 145 cm³/mol. The first-order valence-corrected chi connectivity index (χ1v) is 13.6. The van der Waals surface area contributed by atoms with Crippen molar-refractivity contribution in [3.8, 4) is 5.75 Å². The molecule has 0 atom stereocenters. The molecule has 0 radical (unpaired) electrons. The number of thiazole rings is 1. The number of hydrogen-bond donors (Lipinski definition) is 1. The summed E-state index contributed by atoms with van der Waals surface area (Å²) >= 11 is 9.72. The van der Waals surface area contributed by atoms with E-state index >= 15 is 0 Å². The van der Waals surface area contributed by atoms with Crippen LogP contribution in [0.4, 0.5) is 11.4 Å². The number of nitro groups is 1. The molecule has 2 aromatic carbocycles. The molecule has 0 saturated heterocycles. The summed E-state index contributed by atoms with van der Waals surface area (Å²) in [5.74, 6) is 1.22. The zero-order valence-corrected chi connectivity index (χ0v) is 22.2. The number of ether oxygens (including phenoxy) is 1. The number of carbonyl (C=O) groups excluding carboxylic acids is 1. The maximum absolute atomic E-state index is 12.4. The average molecular weight is 537 g/mol. The van der Waals surface area contributed by atoms with Crippen molar-refractivity contribution >= 4 is 78.9 Å². The van der Waals surface area contributed by atoms with E-state index < -0.39 is 4.92 Å². The van der Waals surface area contributed by atoms with Crippen LogP contribution < -0.4 is 10.1 Å². The molecule has 0 unspecified atom stereocenters. The zero-order valence-electron chi connectivity index (χ0n) is 18.9. The molecule has 1 aromatic heterocycles. The number of methoxy groups -OCH3 is 1. The van der Waals surface area contributed by atoms with E-state index in [1.165, 1.54) is 47.0 Å². The highest BCUT2D eigenvalue weighted by atomic mass is 32.2. The highest BCUT2D eigenvalue weighted by Gasteiger charge is 2.14. The van der Waals surface area contributed by atoms with Crippen LogP contribution in [0.1, 0.15) is 19.4 Å². The van der Waals surface area contributed by atoms with Crippen molar-refractivity contribution in [1.29, 1.82) is 0 Å². The Morgan fingerprint density at radius 1 is 1.26 bits per heavy atom. The molecule has 3 rings (SSSR count). The molecule has 1 amide bonds. The highest BCUT2D eigenvalue weighted by molar-refractivity contribution is 8.23. The summed E-state index contributed by atoms with van der Waals surface area (Å²) in [6.45, 7) is 5.71. The van der Waals surface area contributed by atoms with E-state index in [-0.39, 0.29) is 17.3 Å². The third-order valence-corrected chi connectivity index (χ3v) is 8.56. The van der Waals surface area contributed by atoms with Gasteiger partial charge in [-0.05, 0) is 38.1 Å². The lowest BCUT2D eigenvalue weighted by Gasteiger charge is -2.20. The molecule has 0 aliphatic heterocycles. The van der Waals surface area contributed by atoms with Gasteiger partial charge >= 0.3 is 0 Å². The SMILES string of the molecule is CCN(CC)C(=S)SCC(=O)Nc1ccc2nc(SCc3cc([N+](=O)[O-])ccc3OC)sc2c1. The Balaban J connectivity index is 1.63. The van der Waals surface area contributed by atoms with Crippen molar-refractivity contribution in [2.45, 2.75) is 23.9 Å². The number of thioether (sulfide) groups is 2. The number of carbonyl (C=O) groups is 1. The topological polar surface area (TPSA) is 97.6 Å². The van der Waals surface area contributed by atoms with E-state index in [1.807, 2.05) is 36.9 Å². The minimum atomic E-state index is -0.420. The fourth-order valence-electron chi connectivity index (χ4n) is 3.07. The first-order chi connectivity index (χ1) is 16.3. The Hall–Kier alpha value is -2.41. The highest BCUT2D eigenvalue weighted by Crippen LogP contribution is 2.35. The number of fused-ring (bicyclic) bond motifs is 1. The van der Waals surface area contributed by atoms with Gasteiger partial charge in [0.15, 0.2) is 4.34 Å². The summed E-state index contributed by atoms with van der Waals surface area (Å²) in [5.41, 5.74) is 2.28. The number of rotatable bonds is 10. The Morgan fingerprint density at radius 2 is 2.03 bits per heavy atom. The van der Waals surface area contributed by atoms with Gasteiger partial charge in [-0.25, -0.2) is 4.98 Å². The number of thiocarbonyl (C=S) groups is 1. The van der Waals surface area contributed by atoms with E-state index in [1.54, 1.807) is 13.2 Å². The van der Waals surface area contributed by atoms with Gasteiger partial charge in [-0.1, -0.05) is 35.7 Å². The standard InChI is InChI=1S/C22H24N4O4S4/c1-4-25(5-2)22(31)33-13-20(27)23-15-6-8-17-19(11-15)34-21(24-17)32-12-14-10-16(26(28)29)7-9-18(14)30-3/h6-11H,4-5,12-13H2,1-3H3,(H,23,27). The Kier molecular flexibility index (Phi) is 9.51. The van der Waals surface area contributed by atoms with Crippen LogP contribution in [-0.2, 0) is 10.5 Å². The van der Waals surface area contributed by atoms with E-state index in [2.05, 4.69) is 10.3 Å². The lowest BCUT2D eigenvalue weighted by molar-refractivity contribution is -0.384. The average Bonchev–Trinajstić information content (AvgIpc) is 3.24. The molecule has 0 spiro atoms. The first-order valence-electron chi connectivity index (χ1n) is 10.4. The van der Waals surface area contributed by atoms with E-state index in [0.29, 0.717) is 17.2 Å². The lowest BCUT2D eigenvalue weighted by Crippen LogP contribution is -2.28. The molecular weight excluding hydrogens is 513 g/mol. The van der Waals surface area contributed by atoms with Gasteiger partial charge in [-0.15, -0.1) is 11.3 Å². The van der Waals surface area contributed by atoms with E-state index in [4.69, 9.17) is 17.0 Å². The molecule has 8 nitrogen and oxygen atoms in total. The molecular formula is C22H24N4O4S4. The Bertz CT molecular complexity index is 1200. The smallest absolute Gasteiger partial charge is 0.270 e. The largest absolute Gasteiger partial charge is 0.496 e. The van der Waals surface area contributed by atoms with Crippen molar-refractivity contribution in [3.05, 3.63) is 52.1 Å². The fraction of sp³-hybridized carbons (Fsp3) is 0.318. The number of non-ortho nitro benzene ring substituents is 1. The first kappa shape index (κ1) is 26.2. The van der Waals surface area contributed by atoms with Crippen LogP contribution in [0.5, 0.6) is 5.75 Å². The molecule has 180 valence electrons. The van der Waals surface area contributed by atoms with Crippen molar-refractivity contribution in [2.75, 3.05) is 31.3 Å². The van der Waals surface area contributed by atoms with E-state index in [9.17, 15) is 14.9 Å².